The molecule has 0 aromatic heterocycles. The Bertz CT molecular complexity index is 1910. The average Bonchev–Trinajstić information content (AvgIpc) is 3.55. The number of carbonyl (C=O) groups excluding carboxylic acids is 7. The van der Waals surface area contributed by atoms with Crippen LogP contribution in [0.25, 0.3) is 0 Å². The second kappa shape index (κ2) is 23.6. The van der Waals surface area contributed by atoms with Crippen molar-refractivity contribution in [1.82, 2.24) is 25.9 Å². The van der Waals surface area contributed by atoms with Crippen LogP contribution in [0.3, 0.4) is 0 Å². The molecule has 1 saturated carbocycles. The van der Waals surface area contributed by atoms with E-state index in [0.29, 0.717) is 72.6 Å². The number of imide groups is 1. The zero-order chi connectivity index (χ0) is 45.5. The van der Waals surface area contributed by atoms with E-state index in [0.717, 1.165) is 30.6 Å². The lowest BCUT2D eigenvalue weighted by atomic mass is 9.72. The molecule has 2 saturated heterocycles. The highest BCUT2D eigenvalue weighted by Gasteiger charge is 2.43. The number of carbonyl (C=O) groups is 7. The van der Waals surface area contributed by atoms with Crippen molar-refractivity contribution in [3.8, 4) is 5.75 Å². The van der Waals surface area contributed by atoms with Gasteiger partial charge < -0.3 is 30.6 Å². The van der Waals surface area contributed by atoms with Gasteiger partial charge >= 0.3 is 11.9 Å². The Hall–Kier alpha value is -4.96. The molecule has 5 atom stereocenters. The fourth-order valence-electron chi connectivity index (χ4n) is 8.48. The first-order valence-electron chi connectivity index (χ1n) is 22.4. The lowest BCUT2D eigenvalue weighted by Crippen LogP contribution is -2.61. The summed E-state index contributed by atoms with van der Waals surface area (Å²) in [6.07, 6.45) is 6.26. The number of ether oxygens (including phenoxy) is 1. The van der Waals surface area contributed by atoms with Crippen LogP contribution in [0, 0.1) is 18.8 Å². The third kappa shape index (κ3) is 15.4. The van der Waals surface area contributed by atoms with Gasteiger partial charge in [0, 0.05) is 79.1 Å². The van der Waals surface area contributed by atoms with Crippen LogP contribution in [0.4, 0.5) is 0 Å². The Labute approximate surface area is 375 Å². The Kier molecular flexibility index (Phi) is 18.4. The van der Waals surface area contributed by atoms with Crippen molar-refractivity contribution in [2.75, 3.05) is 25.4 Å². The van der Waals surface area contributed by atoms with Crippen molar-refractivity contribution in [1.29, 1.82) is 0 Å². The standard InChI is InChI=1S/C47H65N5O10S/c1-31-35(19-13-20-38(31)53)45(59)49-36(30-63-34-17-7-5-8-18-34)39(29-51-28-33-16-11-10-15-32(33)27-37(51)46(60)50-47(2,3)4)61-43(57)22-9-6-12-26-48-40(54)21-14-23-44(58)62-52-41(55)24-25-42(52)56/h5,7-8,13,17-20,32-33,36-37,39,53H,6,9-12,14-16,21-30H2,1-4H3,(H,48,54)(H,49,59)(H,50,60)/t32?,33?,36?,37-,39-/m1/s1. The van der Waals surface area contributed by atoms with E-state index in [4.69, 9.17) is 9.57 Å². The van der Waals surface area contributed by atoms with Gasteiger partial charge in [0.15, 0.2) is 0 Å². The van der Waals surface area contributed by atoms with Gasteiger partial charge in [0.25, 0.3) is 17.7 Å². The van der Waals surface area contributed by atoms with Crippen LogP contribution in [-0.4, -0.2) is 106 Å². The molecule has 63 heavy (non-hydrogen) atoms. The number of phenolic OH excluding ortho intramolecular Hbond substituents is 1. The lowest BCUT2D eigenvalue weighted by molar-refractivity contribution is -0.197. The van der Waals surface area contributed by atoms with E-state index < -0.39 is 53.4 Å². The quantitative estimate of drug-likeness (QED) is 0.0513. The molecular weight excluding hydrogens is 827 g/mol. The maximum Gasteiger partial charge on any atom is 0.333 e. The van der Waals surface area contributed by atoms with E-state index in [1.54, 1.807) is 19.1 Å². The number of amides is 5. The molecule has 2 aromatic rings. The maximum absolute atomic E-state index is 14.0. The molecule has 2 aliphatic heterocycles. The van der Waals surface area contributed by atoms with Crippen molar-refractivity contribution >= 4 is 53.2 Å². The number of phenols is 1. The Morgan fingerprint density at radius 1 is 0.857 bits per heavy atom. The van der Waals surface area contributed by atoms with E-state index in [2.05, 4.69) is 20.9 Å². The number of rotatable bonds is 21. The number of piperidine rings is 1. The fraction of sp³-hybridized carbons (Fsp3) is 0.596. The minimum absolute atomic E-state index is 0.00218. The maximum atomic E-state index is 14.0. The molecule has 4 N–H and O–H groups in total. The summed E-state index contributed by atoms with van der Waals surface area (Å²) in [5, 5.41) is 20.1. The van der Waals surface area contributed by atoms with Crippen molar-refractivity contribution in [3.63, 3.8) is 0 Å². The highest BCUT2D eigenvalue weighted by atomic mass is 32.2. The molecule has 0 bridgehead atoms. The van der Waals surface area contributed by atoms with Gasteiger partial charge in [-0.2, -0.15) is 0 Å². The molecule has 344 valence electrons. The number of likely N-dealkylation sites (tertiary alicyclic amines) is 1. The van der Waals surface area contributed by atoms with Crippen LogP contribution in [0.15, 0.2) is 53.4 Å². The van der Waals surface area contributed by atoms with E-state index in [9.17, 15) is 38.7 Å². The van der Waals surface area contributed by atoms with Gasteiger partial charge in [0.2, 0.25) is 11.8 Å². The lowest BCUT2D eigenvalue weighted by Gasteiger charge is -2.47. The van der Waals surface area contributed by atoms with Crippen LogP contribution >= 0.6 is 11.8 Å². The number of hydrogen-bond acceptors (Lipinski definition) is 12. The first kappa shape index (κ1) is 49.1. The highest BCUT2D eigenvalue weighted by Crippen LogP contribution is 2.39. The molecular formula is C47H65N5O10S. The number of benzene rings is 2. The molecule has 0 radical (unpaired) electrons. The summed E-state index contributed by atoms with van der Waals surface area (Å²) < 4.78 is 6.38. The summed E-state index contributed by atoms with van der Waals surface area (Å²) in [6.45, 7) is 8.84. The highest BCUT2D eigenvalue weighted by molar-refractivity contribution is 7.99. The SMILES string of the molecule is Cc1c(O)cccc1C(=O)NC(CSc1ccccc1)[C@@H](CN1CC2CCCCC2C[C@@H]1C(=O)NC(C)(C)C)OC(=O)CCCCCNC(=O)CCCC(=O)ON1C(=O)CCC1=O. The average molecular weight is 892 g/mol. The number of nitrogens with one attached hydrogen (secondary N) is 3. The minimum atomic E-state index is -0.826. The zero-order valence-corrected chi connectivity index (χ0v) is 38.0. The number of thioether (sulfide) groups is 1. The Morgan fingerprint density at radius 3 is 2.27 bits per heavy atom. The second-order valence-electron chi connectivity index (χ2n) is 18.0. The number of fused-ring (bicyclic) bond motifs is 1. The molecule has 16 heteroatoms. The molecule has 3 aliphatic rings. The van der Waals surface area contributed by atoms with Crippen molar-refractivity contribution in [2.45, 2.75) is 146 Å². The van der Waals surface area contributed by atoms with Crippen LogP contribution in [0.2, 0.25) is 0 Å². The van der Waals surface area contributed by atoms with Gasteiger partial charge in [0.05, 0.1) is 12.1 Å². The van der Waals surface area contributed by atoms with Gasteiger partial charge in [-0.3, -0.25) is 33.7 Å². The number of hydroxylamine groups is 2. The molecule has 2 heterocycles. The smallest absolute Gasteiger partial charge is 0.333 e. The van der Waals surface area contributed by atoms with E-state index >= 15 is 0 Å². The van der Waals surface area contributed by atoms with Crippen LogP contribution in [-0.2, 0) is 38.3 Å². The van der Waals surface area contributed by atoms with Gasteiger partial charge in [0.1, 0.15) is 11.9 Å². The van der Waals surface area contributed by atoms with E-state index in [-0.39, 0.29) is 62.6 Å². The summed E-state index contributed by atoms with van der Waals surface area (Å²) in [5.41, 5.74) is 0.295. The van der Waals surface area contributed by atoms with Crippen molar-refractivity contribution < 1.29 is 48.2 Å². The summed E-state index contributed by atoms with van der Waals surface area (Å²) in [4.78, 5) is 97.5. The van der Waals surface area contributed by atoms with Gasteiger partial charge in [-0.05, 0) is 95.9 Å². The fourth-order valence-corrected chi connectivity index (χ4v) is 9.50. The first-order valence-corrected chi connectivity index (χ1v) is 23.4. The molecule has 0 spiro atoms. The molecule has 2 aromatic carbocycles. The normalized spacial score (nSPS) is 20.0. The summed E-state index contributed by atoms with van der Waals surface area (Å²) in [6, 6.07) is 13.4. The predicted molar refractivity (Wildman–Crippen MR) is 237 cm³/mol. The Morgan fingerprint density at radius 2 is 1.56 bits per heavy atom. The topological polar surface area (TPSA) is 201 Å². The second-order valence-corrected chi connectivity index (χ2v) is 19.1. The molecule has 5 rings (SSSR count). The van der Waals surface area contributed by atoms with Gasteiger partial charge in [-0.25, -0.2) is 4.79 Å². The van der Waals surface area contributed by atoms with E-state index in [1.807, 2.05) is 51.1 Å². The number of esters is 1. The Balaban J connectivity index is 1.23. The number of aromatic hydroxyl groups is 1. The zero-order valence-electron chi connectivity index (χ0n) is 37.2. The van der Waals surface area contributed by atoms with Crippen molar-refractivity contribution in [2.24, 2.45) is 11.8 Å². The predicted octanol–water partition coefficient (Wildman–Crippen LogP) is 5.75. The van der Waals surface area contributed by atoms with Crippen LogP contribution in [0.5, 0.6) is 5.75 Å². The molecule has 5 amide bonds. The molecule has 3 fully saturated rings. The number of hydrogen-bond donors (Lipinski definition) is 4. The number of unbranched alkanes of at least 4 members (excludes halogenated alkanes) is 2. The molecule has 15 nitrogen and oxygen atoms in total. The summed E-state index contributed by atoms with van der Waals surface area (Å²) >= 11 is 1.53. The monoisotopic (exact) mass is 891 g/mol. The van der Waals surface area contributed by atoms with Crippen molar-refractivity contribution in [3.05, 3.63) is 59.7 Å². The number of nitrogens with zero attached hydrogens (tertiary/aromatic N) is 2. The van der Waals surface area contributed by atoms with Crippen LogP contribution < -0.4 is 16.0 Å². The third-order valence-corrected chi connectivity index (χ3v) is 13.0. The molecule has 1 aliphatic carbocycles. The summed E-state index contributed by atoms with van der Waals surface area (Å²) in [5.74, 6) is -1.84. The summed E-state index contributed by atoms with van der Waals surface area (Å²) in [7, 11) is 0. The molecule has 3 unspecified atom stereocenters. The van der Waals surface area contributed by atoms with Gasteiger partial charge in [-0.1, -0.05) is 49.9 Å². The minimum Gasteiger partial charge on any atom is -0.508 e. The first-order chi connectivity index (χ1) is 30.1. The van der Waals surface area contributed by atoms with Crippen LogP contribution in [0.1, 0.15) is 127 Å². The largest absolute Gasteiger partial charge is 0.508 e. The third-order valence-electron chi connectivity index (χ3n) is 11.9. The van der Waals surface area contributed by atoms with Gasteiger partial charge in [-0.15, -0.1) is 16.8 Å². The van der Waals surface area contributed by atoms with E-state index in [1.165, 1.54) is 17.8 Å².